The van der Waals surface area contributed by atoms with Crippen LogP contribution in [0.2, 0.25) is 0 Å². The molecule has 2 aromatic carbocycles. The molecule has 1 amide bonds. The molecule has 0 spiro atoms. The lowest BCUT2D eigenvalue weighted by Crippen LogP contribution is -2.24. The maximum absolute atomic E-state index is 13.6. The van der Waals surface area contributed by atoms with Gasteiger partial charge in [0.15, 0.2) is 0 Å². The number of hydrogen-bond donors (Lipinski definition) is 3. The molecule has 3 rings (SSSR count). The minimum atomic E-state index is -4.38. The Morgan fingerprint density at radius 2 is 1.85 bits per heavy atom. The first-order valence-electron chi connectivity index (χ1n) is 10.5. The van der Waals surface area contributed by atoms with E-state index < -0.39 is 12.8 Å². The number of hydrogen-bond acceptors (Lipinski definition) is 3. The lowest BCUT2D eigenvalue weighted by molar-refractivity contribution is -0.111. The summed E-state index contributed by atoms with van der Waals surface area (Å²) in [4.78, 5) is 32.2. The Balaban J connectivity index is 1.77. The van der Waals surface area contributed by atoms with Crippen molar-refractivity contribution in [1.82, 2.24) is 9.78 Å². The van der Waals surface area contributed by atoms with E-state index in [-0.39, 0.29) is 11.7 Å². The zero-order chi connectivity index (χ0) is 24.2. The second-order valence-electron chi connectivity index (χ2n) is 7.77. The number of halogens is 1. The van der Waals surface area contributed by atoms with Gasteiger partial charge in [-0.1, -0.05) is 38.1 Å². The summed E-state index contributed by atoms with van der Waals surface area (Å²) in [6, 6.07) is 12.7. The molecule has 1 aromatic heterocycles. The van der Waals surface area contributed by atoms with Gasteiger partial charge in [-0.3, -0.25) is 14.0 Å². The summed E-state index contributed by atoms with van der Waals surface area (Å²) in [5.74, 6) is -0.747. The van der Waals surface area contributed by atoms with Crippen LogP contribution in [0.25, 0.3) is 17.3 Å². The number of amides is 1. The number of rotatable bonds is 8. The molecule has 0 unspecified atom stereocenters. The fraction of sp³-hybridized carbons (Fsp3) is 0.250. The summed E-state index contributed by atoms with van der Waals surface area (Å²) in [5, 5.41) is 5.69. The maximum Gasteiger partial charge on any atom is 0.335 e. The van der Waals surface area contributed by atoms with E-state index in [1.165, 1.54) is 18.2 Å². The van der Waals surface area contributed by atoms with E-state index in [4.69, 9.17) is 0 Å². The summed E-state index contributed by atoms with van der Waals surface area (Å²) >= 11 is 0. The highest BCUT2D eigenvalue weighted by Gasteiger charge is 2.45. The molecule has 0 aliphatic rings. The molecule has 0 saturated heterocycles. The van der Waals surface area contributed by atoms with Crippen LogP contribution in [0.15, 0.2) is 60.8 Å². The zero-order valence-electron chi connectivity index (χ0n) is 18.7. The first-order valence-corrected chi connectivity index (χ1v) is 12.2. The fourth-order valence-electron chi connectivity index (χ4n) is 4.02. The van der Waals surface area contributed by atoms with Gasteiger partial charge in [0.1, 0.15) is 5.82 Å². The Hall–Kier alpha value is -3.06. The van der Waals surface area contributed by atoms with E-state index in [1.807, 2.05) is 0 Å². The Labute approximate surface area is 192 Å². The number of nitrogens with one attached hydrogen (secondary N) is 1. The minimum absolute atomic E-state index is 0.293. The van der Waals surface area contributed by atoms with Crippen LogP contribution in [0.5, 0.6) is 0 Å². The lowest BCUT2D eigenvalue weighted by Gasteiger charge is -2.33. The number of nitrogens with zero attached hydrogens (tertiary/aromatic N) is 2. The van der Waals surface area contributed by atoms with Gasteiger partial charge < -0.3 is 15.1 Å². The van der Waals surface area contributed by atoms with Crippen molar-refractivity contribution in [2.24, 2.45) is 7.05 Å². The van der Waals surface area contributed by atoms with Gasteiger partial charge in [-0.2, -0.15) is 5.10 Å². The standard InChI is InChI=1S/C24H27FN3O4P/c1-4-24(5-2,33(30,31)32)19-10-12-21(13-11-19)27-22(29)14-9-18-16-26-28(3)23(18)17-7-6-8-20(25)15-17/h6-16H,4-5H2,1-3H3,(H,27,29)(H2,30,31,32). The molecule has 3 aromatic rings. The van der Waals surface area contributed by atoms with Crippen LogP contribution in [-0.4, -0.2) is 25.5 Å². The summed E-state index contributed by atoms with van der Waals surface area (Å²) in [5.41, 5.74) is 3.01. The zero-order valence-corrected chi connectivity index (χ0v) is 19.6. The monoisotopic (exact) mass is 471 g/mol. The quantitative estimate of drug-likeness (QED) is 0.314. The van der Waals surface area contributed by atoms with Crippen molar-refractivity contribution >= 4 is 25.3 Å². The molecule has 0 aliphatic carbocycles. The highest BCUT2D eigenvalue weighted by molar-refractivity contribution is 7.53. The number of aromatic nitrogens is 2. The summed E-state index contributed by atoms with van der Waals surface area (Å²) in [6.45, 7) is 3.50. The van der Waals surface area contributed by atoms with Crippen LogP contribution in [-0.2, 0) is 21.6 Å². The van der Waals surface area contributed by atoms with Crippen LogP contribution in [0.3, 0.4) is 0 Å². The van der Waals surface area contributed by atoms with E-state index >= 15 is 0 Å². The Bertz CT molecular complexity index is 1210. The molecule has 33 heavy (non-hydrogen) atoms. The topological polar surface area (TPSA) is 104 Å². The number of carbonyl (C=O) groups is 1. The molecular weight excluding hydrogens is 444 g/mol. The van der Waals surface area contributed by atoms with Gasteiger partial charge in [-0.25, -0.2) is 4.39 Å². The van der Waals surface area contributed by atoms with Gasteiger partial charge in [0, 0.05) is 29.9 Å². The summed E-state index contributed by atoms with van der Waals surface area (Å²) in [7, 11) is -2.64. The predicted molar refractivity (Wildman–Crippen MR) is 127 cm³/mol. The van der Waals surface area contributed by atoms with Crippen molar-refractivity contribution in [3.63, 3.8) is 0 Å². The minimum Gasteiger partial charge on any atom is -0.324 e. The van der Waals surface area contributed by atoms with Gasteiger partial charge in [0.05, 0.1) is 17.0 Å². The van der Waals surface area contributed by atoms with Gasteiger partial charge in [-0.05, 0) is 48.7 Å². The second-order valence-corrected chi connectivity index (χ2v) is 9.71. The molecule has 174 valence electrons. The highest BCUT2D eigenvalue weighted by Crippen LogP contribution is 2.60. The van der Waals surface area contributed by atoms with Gasteiger partial charge in [0.25, 0.3) is 0 Å². The van der Waals surface area contributed by atoms with Crippen LogP contribution in [0, 0.1) is 5.82 Å². The van der Waals surface area contributed by atoms with E-state index in [2.05, 4.69) is 10.4 Å². The van der Waals surface area contributed by atoms with E-state index in [1.54, 1.807) is 74.2 Å². The Morgan fingerprint density at radius 1 is 1.18 bits per heavy atom. The molecule has 1 heterocycles. The van der Waals surface area contributed by atoms with Gasteiger partial charge in [-0.15, -0.1) is 0 Å². The van der Waals surface area contributed by atoms with E-state index in [0.29, 0.717) is 40.9 Å². The molecule has 9 heteroatoms. The summed E-state index contributed by atoms with van der Waals surface area (Å²) < 4.78 is 27.4. The van der Waals surface area contributed by atoms with Crippen molar-refractivity contribution in [2.75, 3.05) is 5.32 Å². The summed E-state index contributed by atoms with van der Waals surface area (Å²) in [6.07, 6.45) is 5.13. The molecule has 0 saturated carbocycles. The lowest BCUT2D eigenvalue weighted by atomic mass is 9.92. The molecule has 0 atom stereocenters. The van der Waals surface area contributed by atoms with Crippen LogP contribution >= 0.6 is 7.60 Å². The van der Waals surface area contributed by atoms with Crippen molar-refractivity contribution in [3.8, 4) is 11.3 Å². The third-order valence-electron chi connectivity index (χ3n) is 5.90. The molecule has 0 aliphatic heterocycles. The first-order chi connectivity index (χ1) is 15.6. The van der Waals surface area contributed by atoms with Crippen molar-refractivity contribution < 1.29 is 23.5 Å². The van der Waals surface area contributed by atoms with Crippen molar-refractivity contribution in [3.05, 3.63) is 77.7 Å². The molecule has 0 radical (unpaired) electrons. The largest absolute Gasteiger partial charge is 0.335 e. The highest BCUT2D eigenvalue weighted by atomic mass is 31.2. The van der Waals surface area contributed by atoms with E-state index in [9.17, 15) is 23.5 Å². The molecular formula is C24H27FN3O4P. The SMILES string of the molecule is CCC(CC)(c1ccc(NC(=O)C=Cc2cnn(C)c2-c2cccc(F)c2)cc1)P(=O)(O)O. The van der Waals surface area contributed by atoms with E-state index in [0.717, 1.165) is 0 Å². The fourth-order valence-corrected chi connectivity index (χ4v) is 5.33. The smallest absolute Gasteiger partial charge is 0.324 e. The Morgan fingerprint density at radius 3 is 2.42 bits per heavy atom. The molecule has 0 fully saturated rings. The van der Waals surface area contributed by atoms with Crippen molar-refractivity contribution in [1.29, 1.82) is 0 Å². The van der Waals surface area contributed by atoms with Crippen LogP contribution in [0.1, 0.15) is 37.8 Å². The normalized spacial score (nSPS) is 12.3. The third kappa shape index (κ3) is 5.14. The third-order valence-corrected chi connectivity index (χ3v) is 7.90. The van der Waals surface area contributed by atoms with Crippen LogP contribution < -0.4 is 5.32 Å². The first kappa shape index (κ1) is 24.6. The maximum atomic E-state index is 13.6. The number of benzene rings is 2. The van der Waals surface area contributed by atoms with Crippen molar-refractivity contribution in [2.45, 2.75) is 31.8 Å². The second kappa shape index (κ2) is 9.83. The average Bonchev–Trinajstić information content (AvgIpc) is 3.14. The number of anilines is 1. The van der Waals surface area contributed by atoms with Crippen LogP contribution in [0.4, 0.5) is 10.1 Å². The average molecular weight is 471 g/mol. The van der Waals surface area contributed by atoms with Gasteiger partial charge in [0.2, 0.25) is 5.91 Å². The number of aryl methyl sites for hydroxylation is 1. The van der Waals surface area contributed by atoms with Gasteiger partial charge >= 0.3 is 7.60 Å². The number of carbonyl (C=O) groups excluding carboxylic acids is 1. The molecule has 3 N–H and O–H groups in total. The molecule has 7 nitrogen and oxygen atoms in total. The molecule has 0 bridgehead atoms. The Kier molecular flexibility index (Phi) is 7.32. The predicted octanol–water partition coefficient (Wildman–Crippen LogP) is 5.07.